The Bertz CT molecular complexity index is 75.3. The zero-order valence-electron chi connectivity index (χ0n) is 3.63. The van der Waals surface area contributed by atoms with Crippen LogP contribution in [0.25, 0.3) is 0 Å². The topological polar surface area (TPSA) is 43.1 Å². The summed E-state index contributed by atoms with van der Waals surface area (Å²) >= 11 is 2.78. The summed E-state index contributed by atoms with van der Waals surface area (Å²) in [6.07, 6.45) is 0.285. The van der Waals surface area contributed by atoms with Crippen LogP contribution in [0, 0.1) is 17.0 Å². The summed E-state index contributed by atoms with van der Waals surface area (Å²) in [5.41, 5.74) is 0. The van der Waals surface area contributed by atoms with Crippen molar-refractivity contribution in [2.45, 2.75) is 11.4 Å². The molecule has 1 atom stereocenters. The van der Waals surface area contributed by atoms with Gasteiger partial charge in [0, 0.05) is 11.3 Å². The van der Waals surface area contributed by atoms with E-state index >= 15 is 0 Å². The maximum Gasteiger partial charge on any atom is 0.265 e. The molecule has 4 heteroatoms. The van der Waals surface area contributed by atoms with Gasteiger partial charge < -0.3 is 0 Å². The van der Waals surface area contributed by atoms with Crippen LogP contribution < -0.4 is 0 Å². The van der Waals surface area contributed by atoms with Gasteiger partial charge in [-0.2, -0.15) is 0 Å². The monoisotopic (exact) mass is 166 g/mol. The maximum atomic E-state index is 9.65. The maximum absolute atomic E-state index is 9.65. The summed E-state index contributed by atoms with van der Waals surface area (Å²) in [5.74, 6) is 0. The molecule has 0 aliphatic rings. The van der Waals surface area contributed by atoms with Crippen molar-refractivity contribution in [3.05, 3.63) is 17.0 Å². The molecule has 0 rings (SSSR count). The Morgan fingerprint density at radius 3 is 2.43 bits per heavy atom. The third kappa shape index (κ3) is 2.56. The fraction of sp³-hybridized carbons (Fsp3) is 0.667. The van der Waals surface area contributed by atoms with Crippen LogP contribution in [0.4, 0.5) is 0 Å². The second-order valence-corrected chi connectivity index (χ2v) is 2.07. The molecule has 0 bridgehead atoms. The molecule has 3 nitrogen and oxygen atoms in total. The lowest BCUT2D eigenvalue weighted by Crippen LogP contribution is -2.08. The van der Waals surface area contributed by atoms with Crippen LogP contribution in [0.15, 0.2) is 0 Å². The molecule has 0 amide bonds. The number of nitro groups is 1. The molecule has 0 aromatic heterocycles. The number of rotatable bonds is 2. The third-order valence-corrected chi connectivity index (χ3v) is 1.26. The van der Waals surface area contributed by atoms with Crippen molar-refractivity contribution in [1.82, 2.24) is 0 Å². The van der Waals surface area contributed by atoms with E-state index in [1.165, 1.54) is 0 Å². The predicted octanol–water partition coefficient (Wildman–Crippen LogP) is 1.21. The average Bonchev–Trinajstić information content (AvgIpc) is 1.65. The van der Waals surface area contributed by atoms with E-state index in [2.05, 4.69) is 22.9 Å². The molecule has 1 unspecified atom stereocenters. The standard InChI is InChI=1S/C3H5BrNO2/c1-2-3(4)5(6)7/h3H,1-2H2. The molecular weight excluding hydrogens is 162 g/mol. The fourth-order valence-electron chi connectivity index (χ4n) is 0.105. The van der Waals surface area contributed by atoms with Crippen LogP contribution in [-0.2, 0) is 0 Å². The first kappa shape index (κ1) is 6.88. The van der Waals surface area contributed by atoms with E-state index in [0.717, 1.165) is 0 Å². The second kappa shape index (κ2) is 2.96. The first-order chi connectivity index (χ1) is 3.18. The fourth-order valence-corrected chi connectivity index (χ4v) is 0.105. The molecule has 0 aliphatic heterocycles. The summed E-state index contributed by atoms with van der Waals surface area (Å²) in [6.45, 7) is 3.32. The minimum absolute atomic E-state index is 0.285. The molecule has 0 aliphatic carbocycles. The van der Waals surface area contributed by atoms with Gasteiger partial charge in [0.15, 0.2) is 0 Å². The second-order valence-electron chi connectivity index (χ2n) is 1.01. The van der Waals surface area contributed by atoms with E-state index in [1.54, 1.807) is 0 Å². The normalized spacial score (nSPS) is 13.4. The molecule has 0 spiro atoms. The Morgan fingerprint density at radius 1 is 2.00 bits per heavy atom. The van der Waals surface area contributed by atoms with Crippen molar-refractivity contribution >= 4 is 15.9 Å². The summed E-state index contributed by atoms with van der Waals surface area (Å²) in [6, 6.07) is 0. The summed E-state index contributed by atoms with van der Waals surface area (Å²) < 4.78 is 0. The minimum Gasteiger partial charge on any atom is -0.263 e. The minimum atomic E-state index is -0.674. The van der Waals surface area contributed by atoms with Crippen LogP contribution in [0.5, 0.6) is 0 Å². The van der Waals surface area contributed by atoms with Gasteiger partial charge in [-0.25, -0.2) is 0 Å². The lowest BCUT2D eigenvalue weighted by atomic mass is 10.5. The van der Waals surface area contributed by atoms with Gasteiger partial charge in [-0.1, -0.05) is 0 Å². The van der Waals surface area contributed by atoms with E-state index in [0.29, 0.717) is 0 Å². The Morgan fingerprint density at radius 2 is 2.43 bits per heavy atom. The molecule has 0 N–H and O–H groups in total. The molecule has 0 aromatic carbocycles. The summed E-state index contributed by atoms with van der Waals surface area (Å²) in [7, 11) is 0. The zero-order chi connectivity index (χ0) is 5.86. The van der Waals surface area contributed by atoms with Gasteiger partial charge in [-0.15, -0.1) is 0 Å². The van der Waals surface area contributed by atoms with Gasteiger partial charge in [0.2, 0.25) is 0 Å². The summed E-state index contributed by atoms with van der Waals surface area (Å²) in [5, 5.41) is 9.65. The number of nitrogens with zero attached hydrogens (tertiary/aromatic N) is 1. The highest BCUT2D eigenvalue weighted by atomic mass is 79.9. The highest BCUT2D eigenvalue weighted by Crippen LogP contribution is 2.02. The van der Waals surface area contributed by atoms with Crippen molar-refractivity contribution < 1.29 is 4.92 Å². The van der Waals surface area contributed by atoms with E-state index in [1.807, 2.05) is 0 Å². The Kier molecular flexibility index (Phi) is 2.91. The lowest BCUT2D eigenvalue weighted by Gasteiger charge is -1.92. The Hall–Kier alpha value is -0.120. The predicted molar refractivity (Wildman–Crippen MR) is 29.7 cm³/mol. The summed E-state index contributed by atoms with van der Waals surface area (Å²) in [4.78, 5) is 8.55. The van der Waals surface area contributed by atoms with E-state index < -0.39 is 9.87 Å². The molecule has 7 heavy (non-hydrogen) atoms. The van der Waals surface area contributed by atoms with Gasteiger partial charge in [0.25, 0.3) is 4.95 Å². The average molecular weight is 167 g/mol. The van der Waals surface area contributed by atoms with Gasteiger partial charge in [0.05, 0.1) is 0 Å². The molecule has 0 saturated heterocycles. The van der Waals surface area contributed by atoms with Crippen molar-refractivity contribution in [1.29, 1.82) is 0 Å². The van der Waals surface area contributed by atoms with Gasteiger partial charge in [-0.3, -0.25) is 10.1 Å². The number of halogens is 1. The molecule has 1 radical (unpaired) electrons. The van der Waals surface area contributed by atoms with Crippen molar-refractivity contribution in [3.8, 4) is 0 Å². The van der Waals surface area contributed by atoms with Crippen LogP contribution in [0.2, 0.25) is 0 Å². The Labute approximate surface area is 50.0 Å². The highest BCUT2D eigenvalue weighted by molar-refractivity contribution is 9.09. The van der Waals surface area contributed by atoms with Gasteiger partial charge in [-0.05, 0) is 22.9 Å². The SMILES string of the molecule is [CH2]CC(Br)[N+](=O)[O-]. The van der Waals surface area contributed by atoms with E-state index in [-0.39, 0.29) is 6.42 Å². The zero-order valence-corrected chi connectivity index (χ0v) is 5.22. The quantitative estimate of drug-likeness (QED) is 0.268. The number of hydrogen-bond acceptors (Lipinski definition) is 2. The van der Waals surface area contributed by atoms with Gasteiger partial charge in [0.1, 0.15) is 0 Å². The van der Waals surface area contributed by atoms with Crippen LogP contribution in [0.1, 0.15) is 6.42 Å². The van der Waals surface area contributed by atoms with Crippen molar-refractivity contribution in [2.24, 2.45) is 0 Å². The molecule has 0 heterocycles. The van der Waals surface area contributed by atoms with E-state index in [4.69, 9.17) is 0 Å². The third-order valence-electron chi connectivity index (χ3n) is 0.467. The van der Waals surface area contributed by atoms with Crippen molar-refractivity contribution in [2.75, 3.05) is 0 Å². The van der Waals surface area contributed by atoms with Crippen LogP contribution in [-0.4, -0.2) is 9.87 Å². The number of hydrogen-bond donors (Lipinski definition) is 0. The smallest absolute Gasteiger partial charge is 0.263 e. The van der Waals surface area contributed by atoms with Crippen LogP contribution >= 0.6 is 15.9 Å². The van der Waals surface area contributed by atoms with Crippen molar-refractivity contribution in [3.63, 3.8) is 0 Å². The first-order valence-corrected chi connectivity index (χ1v) is 2.67. The molecule has 0 saturated carbocycles. The van der Waals surface area contributed by atoms with Crippen LogP contribution in [0.3, 0.4) is 0 Å². The highest BCUT2D eigenvalue weighted by Gasteiger charge is 2.09. The Balaban J connectivity index is 3.34. The van der Waals surface area contributed by atoms with E-state index in [9.17, 15) is 10.1 Å². The van der Waals surface area contributed by atoms with Gasteiger partial charge >= 0.3 is 0 Å². The lowest BCUT2D eigenvalue weighted by molar-refractivity contribution is -0.491. The molecular formula is C3H5BrNO2. The largest absolute Gasteiger partial charge is 0.265 e. The molecule has 0 aromatic rings. The first-order valence-electron chi connectivity index (χ1n) is 1.75. The molecule has 0 fully saturated rings. The molecule has 41 valence electrons. The number of alkyl halides is 1.